The van der Waals surface area contributed by atoms with Gasteiger partial charge in [0.25, 0.3) is 0 Å². The molecule has 1 unspecified atom stereocenters. The molecule has 0 saturated heterocycles. The molecule has 0 saturated carbocycles. The minimum absolute atomic E-state index is 0.0784. The van der Waals surface area contributed by atoms with E-state index < -0.39 is 30.9 Å². The fourth-order valence-corrected chi connectivity index (χ4v) is 1.15. The Morgan fingerprint density at radius 3 is 2.50 bits per heavy atom. The van der Waals surface area contributed by atoms with Gasteiger partial charge < -0.3 is 26.2 Å². The fraction of sp³-hybridized carbons (Fsp3) is 0.714. The summed E-state index contributed by atoms with van der Waals surface area (Å²) in [6, 6.07) is -0.867. The molecule has 0 fully saturated rings. The van der Waals surface area contributed by atoms with Crippen LogP contribution < -0.4 is 5.73 Å². The molecule has 0 radical (unpaired) electrons. The minimum atomic E-state index is -1.62. The molecule has 0 bridgehead atoms. The van der Waals surface area contributed by atoms with Crippen molar-refractivity contribution in [1.29, 1.82) is 0 Å². The Kier molecular flexibility index (Phi) is 2.38. The predicted octanol–water partition coefficient (Wildman–Crippen LogP) is -2.67. The van der Waals surface area contributed by atoms with E-state index >= 15 is 0 Å². The monoisotopic (exact) mass is 177 g/mol. The Bertz CT molecular complexity index is 221. The van der Waals surface area contributed by atoms with E-state index in [2.05, 4.69) is 0 Å². The van der Waals surface area contributed by atoms with Gasteiger partial charge in [0.2, 0.25) is 0 Å². The molecule has 12 heavy (non-hydrogen) atoms. The van der Waals surface area contributed by atoms with Gasteiger partial charge in [0.05, 0.1) is 14.0 Å². The van der Waals surface area contributed by atoms with Gasteiger partial charge in [-0.25, -0.2) is 0 Å². The van der Waals surface area contributed by atoms with Crippen molar-refractivity contribution >= 4 is 0 Å². The van der Waals surface area contributed by atoms with E-state index in [9.17, 15) is 15.3 Å². The number of hydrogen-bond acceptors (Lipinski definition) is 5. The maximum absolute atomic E-state index is 9.28. The van der Waals surface area contributed by atoms with Crippen LogP contribution >= 0.6 is 0 Å². The topological polar surface area (TPSA) is 107 Å². The van der Waals surface area contributed by atoms with Gasteiger partial charge in [-0.1, -0.05) is 6.08 Å². The molecule has 1 rings (SSSR count). The van der Waals surface area contributed by atoms with Crippen LogP contribution in [-0.4, -0.2) is 51.4 Å². The summed E-state index contributed by atoms with van der Waals surface area (Å²) in [5.41, 5.74) is 5.29. The molecule has 0 aromatic heterocycles. The van der Waals surface area contributed by atoms with Crippen LogP contribution in [0.2, 0.25) is 0 Å². The summed E-state index contributed by atoms with van der Waals surface area (Å²) in [7, 11) is 0. The van der Waals surface area contributed by atoms with Crippen LogP contribution in [-0.2, 0) is 0 Å². The van der Waals surface area contributed by atoms with Crippen molar-refractivity contribution in [3.8, 4) is 0 Å². The first-order valence-electron chi connectivity index (χ1n) is 4.14. The molecule has 5 atom stereocenters. The van der Waals surface area contributed by atoms with Crippen LogP contribution in [0, 0.1) is 0 Å². The van der Waals surface area contributed by atoms with Gasteiger partial charge in [-0.05, 0) is 5.57 Å². The maximum Gasteiger partial charge on any atom is 0.111 e. The summed E-state index contributed by atoms with van der Waals surface area (Å²) in [5.74, 6) is 0. The largest absolute Gasteiger partial charge is 0.392 e. The second kappa shape index (κ2) is 3.51. The molecule has 5 heteroatoms. The normalized spacial score (nSPS) is 46.4. The van der Waals surface area contributed by atoms with E-state index in [4.69, 9.17) is 12.2 Å². The third kappa shape index (κ3) is 1.50. The highest BCUT2D eigenvalue weighted by atomic mass is 16.4. The molecular weight excluding hydrogens is 162 g/mol. The van der Waals surface area contributed by atoms with Crippen LogP contribution in [0.3, 0.4) is 0 Å². The predicted molar refractivity (Wildman–Crippen MR) is 41.2 cm³/mol. The van der Waals surface area contributed by atoms with Gasteiger partial charge in [-0.3, -0.25) is 0 Å². The number of aliphatic hydroxyl groups is 4. The van der Waals surface area contributed by atoms with Crippen molar-refractivity contribution in [1.82, 2.24) is 0 Å². The highest BCUT2D eigenvalue weighted by molar-refractivity contribution is 5.20. The van der Waals surface area contributed by atoms with E-state index in [-0.39, 0.29) is 5.57 Å². The fourth-order valence-electron chi connectivity index (χ4n) is 1.15. The standard InChI is InChI=1S/C7H13NO4/c8-4-1-3(2-9)5(10)7(12)6(4)11/h1,4-7,9-12H,2,8H2/t4-,5+,6-,7-/m0/s1/i2T/t2?,4-,5+,6-,7-. The van der Waals surface area contributed by atoms with Crippen molar-refractivity contribution in [3.63, 3.8) is 0 Å². The summed E-state index contributed by atoms with van der Waals surface area (Å²) in [5, 5.41) is 36.6. The highest BCUT2D eigenvalue weighted by Gasteiger charge is 2.34. The van der Waals surface area contributed by atoms with Crippen LogP contribution in [0.1, 0.15) is 1.37 Å². The number of aliphatic hydroxyl groups excluding tert-OH is 4. The Hall–Kier alpha value is -0.460. The molecule has 70 valence electrons. The van der Waals surface area contributed by atoms with E-state index in [1.165, 1.54) is 6.08 Å². The number of rotatable bonds is 1. The summed E-state index contributed by atoms with van der Waals surface area (Å²) in [6.07, 6.45) is -2.95. The summed E-state index contributed by atoms with van der Waals surface area (Å²) in [4.78, 5) is 0. The van der Waals surface area contributed by atoms with Gasteiger partial charge in [-0.15, -0.1) is 0 Å². The smallest absolute Gasteiger partial charge is 0.111 e. The minimum Gasteiger partial charge on any atom is -0.392 e. The van der Waals surface area contributed by atoms with Gasteiger partial charge >= 0.3 is 0 Å². The molecule has 5 nitrogen and oxygen atoms in total. The molecule has 0 spiro atoms. The van der Waals surface area contributed by atoms with Gasteiger partial charge in [0, 0.05) is 0 Å². The van der Waals surface area contributed by atoms with Crippen molar-refractivity contribution in [2.24, 2.45) is 5.73 Å². The first-order chi connectivity index (χ1) is 5.95. The van der Waals surface area contributed by atoms with Crippen LogP contribution in [0.15, 0.2) is 11.6 Å². The molecule has 0 aromatic rings. The Morgan fingerprint density at radius 1 is 1.42 bits per heavy atom. The average molecular weight is 177 g/mol. The molecule has 6 N–H and O–H groups in total. The SMILES string of the molecule is [3H]C(O)C1=C[C@H](N)[C@H](O)[C@@H](O)[C@@H]1O. The summed E-state index contributed by atoms with van der Waals surface area (Å²) >= 11 is 0. The van der Waals surface area contributed by atoms with Gasteiger partial charge in [-0.2, -0.15) is 0 Å². The third-order valence-electron chi connectivity index (χ3n) is 1.94. The lowest BCUT2D eigenvalue weighted by Crippen LogP contribution is -2.52. The molecule has 0 heterocycles. The Morgan fingerprint density at radius 2 is 2.00 bits per heavy atom. The van der Waals surface area contributed by atoms with Crippen LogP contribution in [0.25, 0.3) is 0 Å². The molecule has 1 aliphatic carbocycles. The molecule has 0 aromatic carbocycles. The lowest BCUT2D eigenvalue weighted by atomic mass is 9.89. The zero-order valence-corrected chi connectivity index (χ0v) is 6.33. The zero-order chi connectivity index (χ0) is 10.2. The van der Waals surface area contributed by atoms with E-state index in [1.54, 1.807) is 0 Å². The Labute approximate surface area is 71.2 Å². The van der Waals surface area contributed by atoms with Crippen molar-refractivity contribution in [3.05, 3.63) is 11.6 Å². The second-order valence-corrected chi connectivity index (χ2v) is 2.80. The first kappa shape index (κ1) is 8.15. The van der Waals surface area contributed by atoms with Gasteiger partial charge in [0.1, 0.15) is 18.3 Å². The summed E-state index contributed by atoms with van der Waals surface area (Å²) in [6.45, 7) is -1.62. The van der Waals surface area contributed by atoms with Crippen molar-refractivity contribution in [2.75, 3.05) is 6.58 Å². The lowest BCUT2D eigenvalue weighted by molar-refractivity contribution is -0.0596. The second-order valence-electron chi connectivity index (χ2n) is 2.80. The van der Waals surface area contributed by atoms with Crippen LogP contribution in [0.4, 0.5) is 0 Å². The molecule has 0 aliphatic heterocycles. The maximum atomic E-state index is 9.28. The lowest BCUT2D eigenvalue weighted by Gasteiger charge is -2.32. The highest BCUT2D eigenvalue weighted by Crippen LogP contribution is 2.18. The molecule has 0 amide bonds. The molecule has 1 aliphatic rings. The number of hydrogen-bond donors (Lipinski definition) is 5. The average Bonchev–Trinajstić information content (AvgIpc) is 2.07. The third-order valence-corrected chi connectivity index (χ3v) is 1.94. The summed E-state index contributed by atoms with van der Waals surface area (Å²) < 4.78 is 6.93. The quantitative estimate of drug-likeness (QED) is 0.281. The number of nitrogens with two attached hydrogens (primary N) is 1. The van der Waals surface area contributed by atoms with E-state index in [0.29, 0.717) is 0 Å². The van der Waals surface area contributed by atoms with Gasteiger partial charge in [0.15, 0.2) is 0 Å². The zero-order valence-electron chi connectivity index (χ0n) is 7.33. The van der Waals surface area contributed by atoms with Crippen LogP contribution in [0.5, 0.6) is 0 Å². The molecular formula is C7H13NO4. The van der Waals surface area contributed by atoms with Crippen molar-refractivity contribution < 1.29 is 21.8 Å². The van der Waals surface area contributed by atoms with Crippen molar-refractivity contribution in [2.45, 2.75) is 24.4 Å². The van der Waals surface area contributed by atoms with E-state index in [0.717, 1.165) is 0 Å². The Balaban J connectivity index is 2.91. The van der Waals surface area contributed by atoms with E-state index in [1.807, 2.05) is 0 Å². The first-order valence-corrected chi connectivity index (χ1v) is 3.57.